The predicted molar refractivity (Wildman–Crippen MR) is 111 cm³/mol. The van der Waals surface area contributed by atoms with Gasteiger partial charge in [0, 0.05) is 35.9 Å². The van der Waals surface area contributed by atoms with Gasteiger partial charge in [-0.05, 0) is 70.1 Å². The van der Waals surface area contributed by atoms with E-state index in [1.54, 1.807) is 5.56 Å². The van der Waals surface area contributed by atoms with Crippen LogP contribution in [0.25, 0.3) is 0 Å². The number of hydrogen-bond donors (Lipinski definition) is 1. The van der Waals surface area contributed by atoms with Crippen LogP contribution in [-0.4, -0.2) is 44.2 Å². The van der Waals surface area contributed by atoms with Gasteiger partial charge in [-0.25, -0.2) is 0 Å². The van der Waals surface area contributed by atoms with E-state index in [9.17, 15) is 0 Å². The van der Waals surface area contributed by atoms with E-state index in [-0.39, 0.29) is 0 Å². The summed E-state index contributed by atoms with van der Waals surface area (Å²) in [5, 5.41) is 3.77. The standard InChI is InChI=1S/C23H31N3/c1-25(2)15-8-16-26-22-12-7-6-11-20(22)21-17-19(13-14-23(21)26)24-18-9-4-3-5-10-18/h3-7,9-12,19,21,23-24H,8,13-17H2,1-2H3. The minimum absolute atomic E-state index is 0.577. The molecule has 0 saturated heterocycles. The van der Waals surface area contributed by atoms with Gasteiger partial charge in [0.2, 0.25) is 0 Å². The summed E-state index contributed by atoms with van der Waals surface area (Å²) in [5.74, 6) is 0.667. The molecule has 0 aromatic heterocycles. The van der Waals surface area contributed by atoms with Gasteiger partial charge in [-0.15, -0.1) is 0 Å². The predicted octanol–water partition coefficient (Wildman–Crippen LogP) is 4.58. The average molecular weight is 350 g/mol. The Morgan fingerprint density at radius 3 is 2.58 bits per heavy atom. The van der Waals surface area contributed by atoms with Crippen molar-refractivity contribution >= 4 is 11.4 Å². The van der Waals surface area contributed by atoms with E-state index in [4.69, 9.17) is 0 Å². The van der Waals surface area contributed by atoms with Crippen molar-refractivity contribution in [3.8, 4) is 0 Å². The second kappa shape index (κ2) is 7.71. The van der Waals surface area contributed by atoms with Crippen LogP contribution in [0.1, 0.15) is 37.2 Å². The largest absolute Gasteiger partial charge is 0.382 e. The van der Waals surface area contributed by atoms with Crippen molar-refractivity contribution in [2.75, 3.05) is 37.4 Å². The Balaban J connectivity index is 1.48. The SMILES string of the molecule is CN(C)CCCN1c2ccccc2C2CC(Nc3ccccc3)CCC21. The zero-order valence-corrected chi connectivity index (χ0v) is 16.1. The first-order valence-corrected chi connectivity index (χ1v) is 10.0. The molecule has 1 saturated carbocycles. The number of fused-ring (bicyclic) bond motifs is 3. The minimum Gasteiger partial charge on any atom is -0.382 e. The van der Waals surface area contributed by atoms with Crippen LogP contribution in [0.3, 0.4) is 0 Å². The molecular weight excluding hydrogens is 318 g/mol. The second-order valence-electron chi connectivity index (χ2n) is 8.10. The van der Waals surface area contributed by atoms with Gasteiger partial charge in [0.1, 0.15) is 0 Å². The van der Waals surface area contributed by atoms with Crippen molar-refractivity contribution in [3.63, 3.8) is 0 Å². The third-order valence-electron chi connectivity index (χ3n) is 6.01. The van der Waals surface area contributed by atoms with Gasteiger partial charge in [-0.1, -0.05) is 36.4 Å². The molecule has 1 aliphatic carbocycles. The number of para-hydroxylation sites is 2. The van der Waals surface area contributed by atoms with Crippen LogP contribution in [0, 0.1) is 0 Å². The molecule has 2 aliphatic rings. The summed E-state index contributed by atoms with van der Waals surface area (Å²) in [6, 6.07) is 21.1. The fourth-order valence-electron chi connectivity index (χ4n) is 4.85. The average Bonchev–Trinajstić information content (AvgIpc) is 2.96. The van der Waals surface area contributed by atoms with Gasteiger partial charge in [0.05, 0.1) is 0 Å². The van der Waals surface area contributed by atoms with Crippen molar-refractivity contribution in [2.24, 2.45) is 0 Å². The van der Waals surface area contributed by atoms with E-state index >= 15 is 0 Å². The number of rotatable bonds is 6. The first-order chi connectivity index (χ1) is 12.7. The smallest absolute Gasteiger partial charge is 0.0405 e. The summed E-state index contributed by atoms with van der Waals surface area (Å²) in [7, 11) is 4.34. The maximum absolute atomic E-state index is 3.77. The van der Waals surface area contributed by atoms with Crippen LogP contribution in [0.5, 0.6) is 0 Å². The third kappa shape index (κ3) is 3.59. The molecule has 3 unspecified atom stereocenters. The highest BCUT2D eigenvalue weighted by Crippen LogP contribution is 2.48. The van der Waals surface area contributed by atoms with Crippen LogP contribution < -0.4 is 10.2 Å². The van der Waals surface area contributed by atoms with Crippen LogP contribution in [0.2, 0.25) is 0 Å². The summed E-state index contributed by atoms with van der Waals surface area (Å²) in [6.45, 7) is 2.33. The molecular formula is C23H31N3. The molecule has 1 fully saturated rings. The van der Waals surface area contributed by atoms with Gasteiger partial charge in [-0.2, -0.15) is 0 Å². The molecule has 1 aliphatic heterocycles. The molecule has 3 nitrogen and oxygen atoms in total. The van der Waals surface area contributed by atoms with Gasteiger partial charge in [-0.3, -0.25) is 0 Å². The molecule has 0 spiro atoms. The van der Waals surface area contributed by atoms with Gasteiger partial charge in [0.25, 0.3) is 0 Å². The highest BCUT2D eigenvalue weighted by molar-refractivity contribution is 5.62. The van der Waals surface area contributed by atoms with Crippen molar-refractivity contribution in [1.29, 1.82) is 0 Å². The lowest BCUT2D eigenvalue weighted by Crippen LogP contribution is -2.41. The van der Waals surface area contributed by atoms with Crippen LogP contribution >= 0.6 is 0 Å². The first kappa shape index (κ1) is 17.4. The minimum atomic E-state index is 0.577. The number of nitrogens with zero attached hydrogens (tertiary/aromatic N) is 2. The molecule has 1 N–H and O–H groups in total. The van der Waals surface area contributed by atoms with Gasteiger partial charge < -0.3 is 15.1 Å². The maximum atomic E-state index is 3.77. The monoisotopic (exact) mass is 349 g/mol. The molecule has 0 bridgehead atoms. The van der Waals surface area contributed by atoms with E-state index in [2.05, 4.69) is 83.8 Å². The Bertz CT molecular complexity index is 712. The lowest BCUT2D eigenvalue weighted by molar-refractivity contribution is 0.352. The highest BCUT2D eigenvalue weighted by atomic mass is 15.2. The molecule has 0 amide bonds. The summed E-state index contributed by atoms with van der Waals surface area (Å²) in [5.41, 5.74) is 4.31. The maximum Gasteiger partial charge on any atom is 0.0405 e. The summed E-state index contributed by atoms with van der Waals surface area (Å²) in [4.78, 5) is 5.00. The quantitative estimate of drug-likeness (QED) is 0.824. The molecule has 4 rings (SSSR count). The van der Waals surface area contributed by atoms with E-state index in [0.717, 1.165) is 6.54 Å². The number of benzene rings is 2. The molecule has 1 heterocycles. The molecule has 3 atom stereocenters. The Morgan fingerprint density at radius 2 is 1.77 bits per heavy atom. The molecule has 138 valence electrons. The molecule has 2 aromatic rings. The Hall–Kier alpha value is -2.00. The zero-order valence-electron chi connectivity index (χ0n) is 16.1. The fraction of sp³-hybridized carbons (Fsp3) is 0.478. The molecule has 3 heteroatoms. The Kier molecular flexibility index (Phi) is 5.16. The van der Waals surface area contributed by atoms with Crippen molar-refractivity contribution < 1.29 is 0 Å². The first-order valence-electron chi connectivity index (χ1n) is 10.0. The Labute approximate surface area is 158 Å². The normalized spacial score (nSPS) is 24.4. The summed E-state index contributed by atoms with van der Waals surface area (Å²) >= 11 is 0. The number of hydrogen-bond acceptors (Lipinski definition) is 3. The van der Waals surface area contributed by atoms with Gasteiger partial charge >= 0.3 is 0 Å². The van der Waals surface area contributed by atoms with E-state index in [1.165, 1.54) is 43.6 Å². The Morgan fingerprint density at radius 1 is 1.00 bits per heavy atom. The summed E-state index contributed by atoms with van der Waals surface area (Å²) < 4.78 is 0. The molecule has 2 aromatic carbocycles. The summed E-state index contributed by atoms with van der Waals surface area (Å²) in [6.07, 6.45) is 5.01. The van der Waals surface area contributed by atoms with Crippen LogP contribution in [0.4, 0.5) is 11.4 Å². The van der Waals surface area contributed by atoms with Gasteiger partial charge in [0.15, 0.2) is 0 Å². The van der Waals surface area contributed by atoms with Crippen LogP contribution in [0.15, 0.2) is 54.6 Å². The van der Waals surface area contributed by atoms with Crippen molar-refractivity contribution in [3.05, 3.63) is 60.2 Å². The van der Waals surface area contributed by atoms with E-state index < -0.39 is 0 Å². The van der Waals surface area contributed by atoms with Crippen LogP contribution in [-0.2, 0) is 0 Å². The lowest BCUT2D eigenvalue weighted by atomic mass is 9.79. The number of nitrogens with one attached hydrogen (secondary N) is 1. The third-order valence-corrected chi connectivity index (χ3v) is 6.01. The lowest BCUT2D eigenvalue weighted by Gasteiger charge is -2.37. The zero-order chi connectivity index (χ0) is 17.9. The topological polar surface area (TPSA) is 18.5 Å². The van der Waals surface area contributed by atoms with Crippen molar-refractivity contribution in [2.45, 2.75) is 43.7 Å². The van der Waals surface area contributed by atoms with Crippen molar-refractivity contribution in [1.82, 2.24) is 4.90 Å². The molecule has 26 heavy (non-hydrogen) atoms. The van der Waals surface area contributed by atoms with E-state index in [0.29, 0.717) is 18.0 Å². The second-order valence-corrected chi connectivity index (χ2v) is 8.10. The highest BCUT2D eigenvalue weighted by Gasteiger charge is 2.41. The number of anilines is 2. The van der Waals surface area contributed by atoms with E-state index in [1.807, 2.05) is 0 Å². The molecule has 0 radical (unpaired) electrons. The fourth-order valence-corrected chi connectivity index (χ4v) is 4.85.